The van der Waals surface area contributed by atoms with Gasteiger partial charge in [-0.1, -0.05) is 0 Å². The third kappa shape index (κ3) is 6.13. The van der Waals surface area contributed by atoms with Crippen molar-refractivity contribution in [2.75, 3.05) is 18.5 Å². The van der Waals surface area contributed by atoms with E-state index in [1.165, 1.54) is 12.1 Å². The Morgan fingerprint density at radius 3 is 2.37 bits per heavy atom. The number of carboxylic acids is 1. The SMILES string of the molecule is O=C(O)COCC(=O)NC(=O)Nc1ccc(F)cc1. The van der Waals surface area contributed by atoms with Crippen LogP contribution in [0.15, 0.2) is 24.3 Å². The quantitative estimate of drug-likeness (QED) is 0.725. The van der Waals surface area contributed by atoms with Gasteiger partial charge in [-0.25, -0.2) is 14.0 Å². The normalized spacial score (nSPS) is 9.74. The van der Waals surface area contributed by atoms with E-state index in [-0.39, 0.29) is 0 Å². The molecule has 3 amide bonds. The van der Waals surface area contributed by atoms with E-state index in [4.69, 9.17) is 5.11 Å². The number of benzene rings is 1. The maximum Gasteiger partial charge on any atom is 0.329 e. The summed E-state index contributed by atoms with van der Waals surface area (Å²) in [7, 11) is 0. The zero-order valence-electron chi connectivity index (χ0n) is 9.68. The zero-order valence-corrected chi connectivity index (χ0v) is 9.68. The fraction of sp³-hybridized carbons (Fsp3) is 0.182. The maximum absolute atomic E-state index is 12.6. The summed E-state index contributed by atoms with van der Waals surface area (Å²) in [5.41, 5.74) is 0.304. The van der Waals surface area contributed by atoms with Gasteiger partial charge in [0.05, 0.1) is 0 Å². The van der Waals surface area contributed by atoms with Crippen LogP contribution in [0.25, 0.3) is 0 Å². The molecule has 19 heavy (non-hydrogen) atoms. The van der Waals surface area contributed by atoms with Gasteiger partial charge >= 0.3 is 12.0 Å². The number of nitrogens with one attached hydrogen (secondary N) is 2. The van der Waals surface area contributed by atoms with E-state index >= 15 is 0 Å². The molecule has 7 nitrogen and oxygen atoms in total. The summed E-state index contributed by atoms with van der Waals surface area (Å²) in [6.07, 6.45) is 0. The fourth-order valence-corrected chi connectivity index (χ4v) is 1.09. The van der Waals surface area contributed by atoms with Crippen LogP contribution in [0.2, 0.25) is 0 Å². The highest BCUT2D eigenvalue weighted by Crippen LogP contribution is 2.07. The number of hydrogen-bond acceptors (Lipinski definition) is 4. The van der Waals surface area contributed by atoms with Gasteiger partial charge in [-0.2, -0.15) is 0 Å². The van der Waals surface area contributed by atoms with Crippen LogP contribution >= 0.6 is 0 Å². The highest BCUT2D eigenvalue weighted by molar-refractivity contribution is 6.01. The molecule has 0 unspecified atom stereocenters. The average molecular weight is 270 g/mol. The van der Waals surface area contributed by atoms with Crippen molar-refractivity contribution in [3.63, 3.8) is 0 Å². The summed E-state index contributed by atoms with van der Waals surface area (Å²) < 4.78 is 17.1. The number of carbonyl (C=O) groups is 3. The van der Waals surface area contributed by atoms with Crippen LogP contribution in [0, 0.1) is 5.82 Å². The first-order valence-corrected chi connectivity index (χ1v) is 5.13. The van der Waals surface area contributed by atoms with Crippen LogP contribution in [-0.4, -0.2) is 36.2 Å². The minimum Gasteiger partial charge on any atom is -0.480 e. The Kier molecular flexibility index (Phi) is 5.42. The van der Waals surface area contributed by atoms with E-state index in [1.807, 2.05) is 5.32 Å². The van der Waals surface area contributed by atoms with Crippen molar-refractivity contribution >= 4 is 23.6 Å². The molecule has 0 bridgehead atoms. The lowest BCUT2D eigenvalue weighted by molar-refractivity contribution is -0.143. The number of anilines is 1. The Hall–Kier alpha value is -2.48. The molecule has 0 aliphatic rings. The lowest BCUT2D eigenvalue weighted by Gasteiger charge is -2.06. The first kappa shape index (κ1) is 14.6. The number of ether oxygens (including phenoxy) is 1. The van der Waals surface area contributed by atoms with Gasteiger partial charge in [-0.05, 0) is 24.3 Å². The number of amides is 3. The molecular formula is C11H11FN2O5. The van der Waals surface area contributed by atoms with Crippen molar-refractivity contribution in [3.8, 4) is 0 Å². The molecule has 0 heterocycles. The summed E-state index contributed by atoms with van der Waals surface area (Å²) in [5.74, 6) is -2.46. The van der Waals surface area contributed by atoms with Gasteiger partial charge in [-0.3, -0.25) is 10.1 Å². The number of hydrogen-bond donors (Lipinski definition) is 3. The second-order valence-electron chi connectivity index (χ2n) is 3.40. The fourth-order valence-electron chi connectivity index (χ4n) is 1.09. The molecule has 0 fully saturated rings. The number of halogens is 1. The Morgan fingerprint density at radius 2 is 1.79 bits per heavy atom. The second-order valence-corrected chi connectivity index (χ2v) is 3.40. The van der Waals surface area contributed by atoms with Crippen LogP contribution in [0.3, 0.4) is 0 Å². The van der Waals surface area contributed by atoms with E-state index < -0.39 is 36.9 Å². The summed E-state index contributed by atoms with van der Waals surface area (Å²) in [6.45, 7) is -1.18. The van der Waals surface area contributed by atoms with Crippen molar-refractivity contribution in [2.45, 2.75) is 0 Å². The van der Waals surface area contributed by atoms with Crippen LogP contribution < -0.4 is 10.6 Å². The first-order valence-electron chi connectivity index (χ1n) is 5.13. The molecule has 8 heteroatoms. The molecule has 1 rings (SSSR count). The summed E-state index contributed by atoms with van der Waals surface area (Å²) in [4.78, 5) is 32.5. The van der Waals surface area contributed by atoms with E-state index in [2.05, 4.69) is 10.1 Å². The molecule has 0 saturated heterocycles. The third-order valence-electron chi connectivity index (χ3n) is 1.81. The highest BCUT2D eigenvalue weighted by Gasteiger charge is 2.08. The first-order chi connectivity index (χ1) is 8.97. The molecule has 0 saturated carbocycles. The Bertz CT molecular complexity index is 474. The molecule has 1 aromatic carbocycles. The molecule has 0 atom stereocenters. The van der Waals surface area contributed by atoms with Gasteiger partial charge in [0.2, 0.25) is 0 Å². The number of imide groups is 1. The molecule has 0 aliphatic carbocycles. The molecule has 0 aromatic heterocycles. The minimum absolute atomic E-state index is 0.304. The predicted octanol–water partition coefficient (Wildman–Crippen LogP) is 0.575. The standard InChI is InChI=1S/C11H11FN2O5/c12-7-1-3-8(4-2-7)13-11(18)14-9(15)5-19-6-10(16)17/h1-4H,5-6H2,(H,16,17)(H2,13,14,15,18). The monoisotopic (exact) mass is 270 g/mol. The van der Waals surface area contributed by atoms with E-state index in [1.54, 1.807) is 0 Å². The molecule has 0 aliphatic heterocycles. The van der Waals surface area contributed by atoms with E-state index in [9.17, 15) is 18.8 Å². The van der Waals surface area contributed by atoms with Gasteiger partial charge < -0.3 is 15.2 Å². The van der Waals surface area contributed by atoms with Gasteiger partial charge in [0.15, 0.2) is 0 Å². The number of aliphatic carboxylic acids is 1. The van der Waals surface area contributed by atoms with Crippen molar-refractivity contribution in [2.24, 2.45) is 0 Å². The van der Waals surface area contributed by atoms with Crippen molar-refractivity contribution in [1.29, 1.82) is 0 Å². The van der Waals surface area contributed by atoms with Gasteiger partial charge in [-0.15, -0.1) is 0 Å². The van der Waals surface area contributed by atoms with E-state index in [0.717, 1.165) is 12.1 Å². The van der Waals surface area contributed by atoms with Gasteiger partial charge in [0.1, 0.15) is 19.0 Å². The number of rotatable bonds is 5. The number of carboxylic acid groups (broad SMARTS) is 1. The summed E-state index contributed by atoms with van der Waals surface area (Å²) in [6, 6.07) is 4.11. The molecule has 102 valence electrons. The summed E-state index contributed by atoms with van der Waals surface area (Å²) in [5, 5.41) is 12.5. The number of urea groups is 1. The van der Waals surface area contributed by atoms with Crippen molar-refractivity contribution in [3.05, 3.63) is 30.1 Å². The van der Waals surface area contributed by atoms with E-state index in [0.29, 0.717) is 5.69 Å². The molecular weight excluding hydrogens is 259 g/mol. The zero-order chi connectivity index (χ0) is 14.3. The average Bonchev–Trinajstić information content (AvgIpc) is 2.31. The predicted molar refractivity (Wildman–Crippen MR) is 62.0 cm³/mol. The van der Waals surface area contributed by atoms with Crippen molar-refractivity contribution < 1.29 is 28.6 Å². The third-order valence-corrected chi connectivity index (χ3v) is 1.81. The second kappa shape index (κ2) is 7.07. The van der Waals surface area contributed by atoms with Crippen molar-refractivity contribution in [1.82, 2.24) is 5.32 Å². The van der Waals surface area contributed by atoms with Gasteiger partial charge in [0, 0.05) is 5.69 Å². The Labute approximate surface area is 107 Å². The Balaban J connectivity index is 2.32. The lowest BCUT2D eigenvalue weighted by atomic mass is 10.3. The minimum atomic E-state index is -1.22. The maximum atomic E-state index is 12.6. The van der Waals surface area contributed by atoms with Crippen LogP contribution in [0.1, 0.15) is 0 Å². The number of carbonyl (C=O) groups excluding carboxylic acids is 2. The highest BCUT2D eigenvalue weighted by atomic mass is 19.1. The summed E-state index contributed by atoms with van der Waals surface area (Å²) >= 11 is 0. The Morgan fingerprint density at radius 1 is 1.16 bits per heavy atom. The smallest absolute Gasteiger partial charge is 0.329 e. The van der Waals surface area contributed by atoms with Crippen LogP contribution in [0.5, 0.6) is 0 Å². The molecule has 0 spiro atoms. The van der Waals surface area contributed by atoms with Gasteiger partial charge in [0.25, 0.3) is 5.91 Å². The molecule has 1 aromatic rings. The molecule has 3 N–H and O–H groups in total. The molecule has 0 radical (unpaired) electrons. The topological polar surface area (TPSA) is 105 Å². The van der Waals surface area contributed by atoms with Crippen LogP contribution in [-0.2, 0) is 14.3 Å². The largest absolute Gasteiger partial charge is 0.480 e. The lowest BCUT2D eigenvalue weighted by Crippen LogP contribution is -2.37. The van der Waals surface area contributed by atoms with Crippen LogP contribution in [0.4, 0.5) is 14.9 Å².